The van der Waals surface area contributed by atoms with Crippen LogP contribution in [0, 0.1) is 5.82 Å². The number of piperazine rings is 1. The molecule has 0 bridgehead atoms. The Kier molecular flexibility index (Phi) is 9.22. The summed E-state index contributed by atoms with van der Waals surface area (Å²) in [5, 5.41) is 6.92. The smallest absolute Gasteiger partial charge is 0.322 e. The van der Waals surface area contributed by atoms with E-state index >= 15 is 0 Å². The Labute approximate surface area is 225 Å². The van der Waals surface area contributed by atoms with Crippen molar-refractivity contribution in [3.63, 3.8) is 0 Å². The summed E-state index contributed by atoms with van der Waals surface area (Å²) in [6.07, 6.45) is 0. The third-order valence-electron chi connectivity index (χ3n) is 6.09. The number of hydrogen-bond donors (Lipinski definition) is 2. The zero-order valence-electron chi connectivity index (χ0n) is 20.2. The Morgan fingerprint density at radius 2 is 1.54 bits per heavy atom. The van der Waals surface area contributed by atoms with Crippen LogP contribution < -0.4 is 10.6 Å². The maximum absolute atomic E-state index is 13.4. The summed E-state index contributed by atoms with van der Waals surface area (Å²) in [6, 6.07) is 19.7. The number of anilines is 2. The maximum atomic E-state index is 13.4. The van der Waals surface area contributed by atoms with E-state index in [-0.39, 0.29) is 17.9 Å². The van der Waals surface area contributed by atoms with Crippen molar-refractivity contribution in [1.29, 1.82) is 0 Å². The lowest BCUT2D eigenvalue weighted by Gasteiger charge is -2.35. The average molecular weight is 544 g/mol. The quantitative estimate of drug-likeness (QED) is 0.383. The van der Waals surface area contributed by atoms with E-state index in [4.69, 9.17) is 23.2 Å². The summed E-state index contributed by atoms with van der Waals surface area (Å²) in [5.41, 5.74) is 2.12. The predicted octanol–water partition coefficient (Wildman–Crippen LogP) is 6.02. The SMILES string of the molecule is O=C(Nc1ccc(Cl)cc1)N1CCN(CCN(Cc2ccc(F)cc2)C(=O)Nc2cccc(Cl)c2)CC1. The Hall–Kier alpha value is -3.33. The Bertz CT molecular complexity index is 1200. The molecular formula is C27H28Cl2FN5O2. The maximum Gasteiger partial charge on any atom is 0.322 e. The first kappa shape index (κ1) is 26.7. The third-order valence-corrected chi connectivity index (χ3v) is 6.58. The highest BCUT2D eigenvalue weighted by atomic mass is 35.5. The minimum absolute atomic E-state index is 0.152. The normalized spacial score (nSPS) is 13.8. The molecular weight excluding hydrogens is 516 g/mol. The van der Waals surface area contributed by atoms with Gasteiger partial charge in [0.05, 0.1) is 0 Å². The van der Waals surface area contributed by atoms with E-state index in [9.17, 15) is 14.0 Å². The van der Waals surface area contributed by atoms with E-state index in [1.165, 1.54) is 12.1 Å². The number of nitrogens with one attached hydrogen (secondary N) is 2. The van der Waals surface area contributed by atoms with Crippen LogP contribution in [0.3, 0.4) is 0 Å². The molecule has 0 aromatic heterocycles. The van der Waals surface area contributed by atoms with Gasteiger partial charge in [0.1, 0.15) is 5.82 Å². The molecule has 1 heterocycles. The van der Waals surface area contributed by atoms with Gasteiger partial charge in [-0.25, -0.2) is 14.0 Å². The van der Waals surface area contributed by atoms with Gasteiger partial charge >= 0.3 is 12.1 Å². The molecule has 37 heavy (non-hydrogen) atoms. The predicted molar refractivity (Wildman–Crippen MR) is 146 cm³/mol. The van der Waals surface area contributed by atoms with Gasteiger partial charge in [-0.2, -0.15) is 0 Å². The van der Waals surface area contributed by atoms with Crippen molar-refractivity contribution in [3.05, 3.63) is 94.2 Å². The first-order valence-electron chi connectivity index (χ1n) is 12.0. The number of carbonyl (C=O) groups excluding carboxylic acids is 2. The average Bonchev–Trinajstić information content (AvgIpc) is 2.89. The van der Waals surface area contributed by atoms with Crippen molar-refractivity contribution in [2.75, 3.05) is 49.9 Å². The molecule has 3 aromatic rings. The lowest BCUT2D eigenvalue weighted by atomic mass is 10.2. The number of carbonyl (C=O) groups is 2. The van der Waals surface area contributed by atoms with Crippen molar-refractivity contribution in [3.8, 4) is 0 Å². The van der Waals surface area contributed by atoms with Crippen molar-refractivity contribution < 1.29 is 14.0 Å². The summed E-state index contributed by atoms with van der Waals surface area (Å²) in [6.45, 7) is 3.95. The first-order valence-corrected chi connectivity index (χ1v) is 12.7. The van der Waals surface area contributed by atoms with Crippen molar-refractivity contribution >= 4 is 46.6 Å². The lowest BCUT2D eigenvalue weighted by Crippen LogP contribution is -2.51. The van der Waals surface area contributed by atoms with E-state index in [2.05, 4.69) is 15.5 Å². The van der Waals surface area contributed by atoms with Crippen molar-refractivity contribution in [2.24, 2.45) is 0 Å². The molecule has 0 spiro atoms. The van der Waals surface area contributed by atoms with Crippen LogP contribution in [0.15, 0.2) is 72.8 Å². The van der Waals surface area contributed by atoms with Crippen LogP contribution in [0.5, 0.6) is 0 Å². The van der Waals surface area contributed by atoms with Gasteiger partial charge < -0.3 is 20.4 Å². The van der Waals surface area contributed by atoms with Crippen LogP contribution in [-0.4, -0.2) is 66.0 Å². The zero-order valence-corrected chi connectivity index (χ0v) is 21.7. The molecule has 0 aliphatic carbocycles. The molecule has 1 aliphatic rings. The van der Waals surface area contributed by atoms with Gasteiger partial charge in [0.25, 0.3) is 0 Å². The minimum Gasteiger partial charge on any atom is -0.322 e. The van der Waals surface area contributed by atoms with Gasteiger partial charge in [-0.15, -0.1) is 0 Å². The lowest BCUT2D eigenvalue weighted by molar-refractivity contribution is 0.136. The van der Waals surface area contributed by atoms with E-state index < -0.39 is 0 Å². The summed E-state index contributed by atoms with van der Waals surface area (Å²) in [7, 11) is 0. The van der Waals surface area contributed by atoms with Crippen LogP contribution in [0.2, 0.25) is 10.0 Å². The largest absolute Gasteiger partial charge is 0.322 e. The summed E-state index contributed by atoms with van der Waals surface area (Å²) < 4.78 is 13.4. The Balaban J connectivity index is 1.31. The number of benzene rings is 3. The number of amides is 4. The highest BCUT2D eigenvalue weighted by Gasteiger charge is 2.23. The molecule has 194 valence electrons. The Morgan fingerprint density at radius 3 is 2.22 bits per heavy atom. The standard InChI is InChI=1S/C27H28Cl2FN5O2/c28-21-6-10-24(11-7-21)31-26(36)34-15-12-33(13-16-34)14-17-35(19-20-4-8-23(30)9-5-20)27(37)32-25-3-1-2-22(29)18-25/h1-11,18H,12-17,19H2,(H,31,36)(H,32,37). The first-order chi connectivity index (χ1) is 17.9. The Morgan fingerprint density at radius 1 is 0.838 bits per heavy atom. The fourth-order valence-electron chi connectivity index (χ4n) is 4.00. The minimum atomic E-state index is -0.323. The van der Waals surface area contributed by atoms with Crippen LogP contribution in [-0.2, 0) is 6.54 Å². The molecule has 1 aliphatic heterocycles. The second kappa shape index (κ2) is 12.8. The number of urea groups is 2. The van der Waals surface area contributed by atoms with E-state index in [1.807, 2.05) is 0 Å². The number of hydrogen-bond acceptors (Lipinski definition) is 3. The summed E-state index contributed by atoms with van der Waals surface area (Å²) in [5.74, 6) is -0.323. The van der Waals surface area contributed by atoms with Crippen molar-refractivity contribution in [2.45, 2.75) is 6.54 Å². The second-order valence-electron chi connectivity index (χ2n) is 8.75. The fourth-order valence-corrected chi connectivity index (χ4v) is 4.32. The van der Waals surface area contributed by atoms with Gasteiger partial charge in [0.2, 0.25) is 0 Å². The molecule has 0 unspecified atom stereocenters. The third kappa shape index (κ3) is 8.08. The van der Waals surface area contributed by atoms with E-state index in [1.54, 1.807) is 70.5 Å². The molecule has 4 amide bonds. The van der Waals surface area contributed by atoms with Crippen LogP contribution >= 0.6 is 23.2 Å². The van der Waals surface area contributed by atoms with Gasteiger partial charge in [-0.3, -0.25) is 4.90 Å². The zero-order chi connectivity index (χ0) is 26.2. The van der Waals surface area contributed by atoms with Gasteiger partial charge in [0, 0.05) is 67.2 Å². The van der Waals surface area contributed by atoms with Crippen LogP contribution in [0.4, 0.5) is 25.4 Å². The summed E-state index contributed by atoms with van der Waals surface area (Å²) >= 11 is 12.0. The molecule has 10 heteroatoms. The number of halogens is 3. The number of nitrogens with zero attached hydrogens (tertiary/aromatic N) is 3. The molecule has 1 saturated heterocycles. The molecule has 0 radical (unpaired) electrons. The monoisotopic (exact) mass is 543 g/mol. The summed E-state index contributed by atoms with van der Waals surface area (Å²) in [4.78, 5) is 31.4. The van der Waals surface area contributed by atoms with Gasteiger partial charge in [-0.05, 0) is 60.2 Å². The second-order valence-corrected chi connectivity index (χ2v) is 9.63. The van der Waals surface area contributed by atoms with Crippen LogP contribution in [0.1, 0.15) is 5.56 Å². The van der Waals surface area contributed by atoms with E-state index in [0.717, 1.165) is 5.56 Å². The molecule has 7 nitrogen and oxygen atoms in total. The van der Waals surface area contributed by atoms with E-state index in [0.29, 0.717) is 67.2 Å². The van der Waals surface area contributed by atoms with Gasteiger partial charge in [-0.1, -0.05) is 41.4 Å². The van der Waals surface area contributed by atoms with Gasteiger partial charge in [0.15, 0.2) is 0 Å². The highest BCUT2D eigenvalue weighted by molar-refractivity contribution is 6.31. The van der Waals surface area contributed by atoms with Crippen molar-refractivity contribution in [1.82, 2.24) is 14.7 Å². The topological polar surface area (TPSA) is 67.9 Å². The molecule has 2 N–H and O–H groups in total. The molecule has 0 saturated carbocycles. The molecule has 4 rings (SSSR count). The molecule has 3 aromatic carbocycles. The number of rotatable bonds is 7. The van der Waals surface area contributed by atoms with Crippen LogP contribution in [0.25, 0.3) is 0 Å². The molecule has 1 fully saturated rings. The molecule has 0 atom stereocenters. The fraction of sp³-hybridized carbons (Fsp3) is 0.259. The highest BCUT2D eigenvalue weighted by Crippen LogP contribution is 2.17.